The molecule has 0 aromatic heterocycles. The van der Waals surface area contributed by atoms with Gasteiger partial charge in [0.2, 0.25) is 0 Å². The number of esters is 1. The van der Waals surface area contributed by atoms with Gasteiger partial charge in [-0.3, -0.25) is 9.59 Å². The van der Waals surface area contributed by atoms with E-state index in [0.29, 0.717) is 0 Å². The van der Waals surface area contributed by atoms with Crippen LogP contribution in [0.15, 0.2) is 0 Å². The van der Waals surface area contributed by atoms with Crippen LogP contribution in [0.4, 0.5) is 23.2 Å². The van der Waals surface area contributed by atoms with Crippen LogP contribution in [0, 0.1) is 23.3 Å². The molecule has 0 aliphatic carbocycles. The number of hydrogen-bond acceptors (Lipinski definition) is 4. The van der Waals surface area contributed by atoms with Gasteiger partial charge in [-0.05, 0) is 6.92 Å². The lowest BCUT2D eigenvalue weighted by Crippen LogP contribution is -2.22. The van der Waals surface area contributed by atoms with Gasteiger partial charge in [-0.25, -0.2) is 17.6 Å². The fraction of sp³-hybridized carbons (Fsp3) is 0.385. The summed E-state index contributed by atoms with van der Waals surface area (Å²) in [7, 11) is 2.44. The van der Waals surface area contributed by atoms with Crippen molar-refractivity contribution in [3.63, 3.8) is 0 Å². The molecule has 0 unspecified atom stereocenters. The highest BCUT2D eigenvalue weighted by atomic mass is 19.2. The van der Waals surface area contributed by atoms with Crippen LogP contribution in [0.5, 0.6) is 0 Å². The number of ketones is 1. The Morgan fingerprint density at radius 3 is 2.00 bits per heavy atom. The monoisotopic (exact) mass is 307 g/mol. The molecule has 8 heteroatoms. The summed E-state index contributed by atoms with van der Waals surface area (Å²) in [5.41, 5.74) is -1.79. The molecule has 116 valence electrons. The number of hydrogen-bond donors (Lipinski definition) is 0. The summed E-state index contributed by atoms with van der Waals surface area (Å²) in [6.45, 7) is 1.48. The number of nitrogens with zero attached hydrogens (tertiary/aromatic N) is 1. The molecule has 0 spiro atoms. The van der Waals surface area contributed by atoms with Gasteiger partial charge in [0.15, 0.2) is 29.1 Å². The highest BCUT2D eigenvalue weighted by Gasteiger charge is 2.31. The predicted molar refractivity (Wildman–Crippen MR) is 66.2 cm³/mol. The standard InChI is InChI=1S/C13H13F4NO3/c1-4-21-7(20)5-6(19)8-9(14)10(15)11(16)12(17)13(8)18(2)3/h4-5H2,1-3H3. The summed E-state index contributed by atoms with van der Waals surface area (Å²) in [6, 6.07) is 0. The quantitative estimate of drug-likeness (QED) is 0.209. The Hall–Kier alpha value is -2.12. The number of carbonyl (C=O) groups is 2. The zero-order valence-electron chi connectivity index (χ0n) is 11.6. The van der Waals surface area contributed by atoms with Crippen LogP contribution in [0.1, 0.15) is 23.7 Å². The van der Waals surface area contributed by atoms with Gasteiger partial charge < -0.3 is 9.64 Å². The molecule has 21 heavy (non-hydrogen) atoms. The minimum absolute atomic E-state index is 0.0126. The normalized spacial score (nSPS) is 10.4. The predicted octanol–water partition coefficient (Wildman–Crippen LogP) is 2.44. The first-order valence-corrected chi connectivity index (χ1v) is 5.94. The number of rotatable bonds is 5. The maximum Gasteiger partial charge on any atom is 0.313 e. The summed E-state index contributed by atoms with van der Waals surface area (Å²) in [6.07, 6.45) is -0.907. The maximum absolute atomic E-state index is 13.8. The van der Waals surface area contributed by atoms with Crippen molar-refractivity contribution >= 4 is 17.4 Å². The van der Waals surface area contributed by atoms with Crippen LogP contribution < -0.4 is 4.90 Å². The molecule has 0 aliphatic heterocycles. The fourth-order valence-corrected chi connectivity index (χ4v) is 1.73. The van der Waals surface area contributed by atoms with E-state index in [9.17, 15) is 27.2 Å². The zero-order valence-corrected chi connectivity index (χ0v) is 11.6. The van der Waals surface area contributed by atoms with Gasteiger partial charge in [0.25, 0.3) is 0 Å². The average Bonchev–Trinajstić information content (AvgIpc) is 2.39. The van der Waals surface area contributed by atoms with Gasteiger partial charge in [-0.1, -0.05) is 0 Å². The molecule has 0 heterocycles. The van der Waals surface area contributed by atoms with E-state index in [1.165, 1.54) is 21.0 Å². The van der Waals surface area contributed by atoms with Crippen LogP contribution in [0.2, 0.25) is 0 Å². The largest absolute Gasteiger partial charge is 0.466 e. The third-order valence-electron chi connectivity index (χ3n) is 2.58. The van der Waals surface area contributed by atoms with Crippen molar-refractivity contribution in [2.45, 2.75) is 13.3 Å². The highest BCUT2D eigenvalue weighted by Crippen LogP contribution is 2.31. The Morgan fingerprint density at radius 2 is 1.52 bits per heavy atom. The van der Waals surface area contributed by atoms with Crippen molar-refractivity contribution in [3.8, 4) is 0 Å². The molecule has 1 aromatic carbocycles. The van der Waals surface area contributed by atoms with E-state index in [-0.39, 0.29) is 6.61 Å². The second-order valence-corrected chi connectivity index (χ2v) is 4.28. The van der Waals surface area contributed by atoms with Gasteiger partial charge in [-0.15, -0.1) is 0 Å². The van der Waals surface area contributed by atoms with E-state index in [4.69, 9.17) is 0 Å². The fourth-order valence-electron chi connectivity index (χ4n) is 1.73. The summed E-state index contributed by atoms with van der Waals surface area (Å²) >= 11 is 0. The first-order chi connectivity index (χ1) is 9.72. The van der Waals surface area contributed by atoms with Crippen LogP contribution in [0.25, 0.3) is 0 Å². The van der Waals surface area contributed by atoms with Gasteiger partial charge in [0.05, 0.1) is 17.9 Å². The van der Waals surface area contributed by atoms with Crippen molar-refractivity contribution in [3.05, 3.63) is 28.8 Å². The van der Waals surface area contributed by atoms with E-state index in [1.807, 2.05) is 0 Å². The molecule has 4 nitrogen and oxygen atoms in total. The third-order valence-corrected chi connectivity index (χ3v) is 2.58. The van der Waals surface area contributed by atoms with Crippen molar-refractivity contribution < 1.29 is 31.9 Å². The molecular weight excluding hydrogens is 294 g/mol. The average molecular weight is 307 g/mol. The van der Waals surface area contributed by atoms with Crippen molar-refractivity contribution in [1.29, 1.82) is 0 Å². The first kappa shape index (κ1) is 16.9. The number of ether oxygens (including phenoxy) is 1. The Morgan fingerprint density at radius 1 is 1.00 bits per heavy atom. The molecule has 1 rings (SSSR count). The zero-order chi connectivity index (χ0) is 16.3. The second kappa shape index (κ2) is 6.55. The molecule has 0 atom stereocenters. The minimum atomic E-state index is -2.11. The molecule has 1 aromatic rings. The van der Waals surface area contributed by atoms with Crippen LogP contribution in [0.3, 0.4) is 0 Å². The molecule has 0 N–H and O–H groups in total. The SMILES string of the molecule is CCOC(=O)CC(=O)c1c(F)c(F)c(F)c(F)c1N(C)C. The molecule has 0 saturated carbocycles. The summed E-state index contributed by atoms with van der Waals surface area (Å²) in [4.78, 5) is 24.0. The second-order valence-electron chi connectivity index (χ2n) is 4.28. The van der Waals surface area contributed by atoms with Gasteiger partial charge >= 0.3 is 5.97 Å². The van der Waals surface area contributed by atoms with Gasteiger partial charge in [0, 0.05) is 14.1 Å². The molecule has 0 aliphatic rings. The summed E-state index contributed by atoms with van der Waals surface area (Å²) < 4.78 is 58.5. The topological polar surface area (TPSA) is 46.6 Å². The van der Waals surface area contributed by atoms with E-state index in [0.717, 1.165) is 4.90 Å². The van der Waals surface area contributed by atoms with E-state index >= 15 is 0 Å². The summed E-state index contributed by atoms with van der Waals surface area (Å²) in [5.74, 6) is -9.85. The van der Waals surface area contributed by atoms with E-state index < -0.39 is 52.7 Å². The Kier molecular flexibility index (Phi) is 5.28. The molecule has 0 fully saturated rings. The Bertz CT molecular complexity index is 588. The lowest BCUT2D eigenvalue weighted by atomic mass is 10.0. The van der Waals surface area contributed by atoms with Gasteiger partial charge in [0.1, 0.15) is 6.42 Å². The summed E-state index contributed by atoms with van der Waals surface area (Å²) in [5, 5.41) is 0. The van der Waals surface area contributed by atoms with Crippen molar-refractivity contribution in [2.75, 3.05) is 25.6 Å². The molecule has 0 amide bonds. The lowest BCUT2D eigenvalue weighted by molar-refractivity contribution is -0.141. The Labute approximate surface area is 118 Å². The number of benzene rings is 1. The van der Waals surface area contributed by atoms with E-state index in [2.05, 4.69) is 4.74 Å². The first-order valence-electron chi connectivity index (χ1n) is 5.94. The smallest absolute Gasteiger partial charge is 0.313 e. The lowest BCUT2D eigenvalue weighted by Gasteiger charge is -2.19. The third kappa shape index (κ3) is 3.32. The molecule has 0 saturated heterocycles. The van der Waals surface area contributed by atoms with Crippen LogP contribution in [-0.4, -0.2) is 32.5 Å². The number of Topliss-reactive ketones (excluding diaryl/α,β-unsaturated/α-hetero) is 1. The molecule has 0 bridgehead atoms. The van der Waals surface area contributed by atoms with Crippen molar-refractivity contribution in [2.24, 2.45) is 0 Å². The molecular formula is C13H13F4NO3. The van der Waals surface area contributed by atoms with Gasteiger partial charge in [-0.2, -0.15) is 0 Å². The minimum Gasteiger partial charge on any atom is -0.466 e. The highest BCUT2D eigenvalue weighted by molar-refractivity contribution is 6.09. The molecule has 0 radical (unpaired) electrons. The number of halogens is 4. The number of carbonyl (C=O) groups excluding carboxylic acids is 2. The van der Waals surface area contributed by atoms with Crippen LogP contribution >= 0.6 is 0 Å². The number of anilines is 1. The van der Waals surface area contributed by atoms with Crippen molar-refractivity contribution in [1.82, 2.24) is 0 Å². The Balaban J connectivity index is 3.40. The maximum atomic E-state index is 13.8. The van der Waals surface area contributed by atoms with Crippen LogP contribution in [-0.2, 0) is 9.53 Å². The van der Waals surface area contributed by atoms with E-state index in [1.54, 1.807) is 0 Å².